The van der Waals surface area contributed by atoms with Crippen molar-refractivity contribution < 1.29 is 0 Å². The Labute approximate surface area is 73.3 Å². The SMILES string of the molecule is CC(C)C1C=CC(Cl)=CN1C. The van der Waals surface area contributed by atoms with Gasteiger partial charge in [-0.05, 0) is 12.0 Å². The highest BCUT2D eigenvalue weighted by Gasteiger charge is 2.15. The molecule has 0 aromatic carbocycles. The van der Waals surface area contributed by atoms with Crippen LogP contribution in [0.5, 0.6) is 0 Å². The molecule has 0 aromatic rings. The largest absolute Gasteiger partial charge is 0.373 e. The minimum Gasteiger partial charge on any atom is -0.373 e. The lowest BCUT2D eigenvalue weighted by molar-refractivity contribution is 0.306. The van der Waals surface area contributed by atoms with E-state index in [-0.39, 0.29) is 0 Å². The zero-order valence-electron chi connectivity index (χ0n) is 7.21. The van der Waals surface area contributed by atoms with Gasteiger partial charge in [0.05, 0.1) is 5.03 Å². The molecular formula is C9H14ClN. The van der Waals surface area contributed by atoms with Crippen molar-refractivity contribution in [2.75, 3.05) is 7.05 Å². The highest BCUT2D eigenvalue weighted by Crippen LogP contribution is 2.19. The van der Waals surface area contributed by atoms with E-state index in [0.717, 1.165) is 5.03 Å². The third-order valence-electron chi connectivity index (χ3n) is 1.93. The van der Waals surface area contributed by atoms with Gasteiger partial charge in [-0.25, -0.2) is 0 Å². The molecule has 0 bridgehead atoms. The van der Waals surface area contributed by atoms with E-state index in [1.165, 1.54) is 0 Å². The molecule has 0 saturated carbocycles. The minimum absolute atomic E-state index is 0.498. The van der Waals surface area contributed by atoms with E-state index in [4.69, 9.17) is 11.6 Å². The molecule has 1 atom stereocenters. The molecule has 1 unspecified atom stereocenters. The molecule has 0 aromatic heterocycles. The number of hydrogen-bond acceptors (Lipinski definition) is 1. The summed E-state index contributed by atoms with van der Waals surface area (Å²) in [6.07, 6.45) is 6.07. The smallest absolute Gasteiger partial charge is 0.0562 e. The Morgan fingerprint density at radius 2 is 2.18 bits per heavy atom. The maximum Gasteiger partial charge on any atom is 0.0562 e. The van der Waals surface area contributed by atoms with Gasteiger partial charge in [-0.2, -0.15) is 0 Å². The van der Waals surface area contributed by atoms with Crippen molar-refractivity contribution in [2.24, 2.45) is 5.92 Å². The van der Waals surface area contributed by atoms with E-state index in [2.05, 4.69) is 31.9 Å². The molecule has 0 fully saturated rings. The Kier molecular flexibility index (Phi) is 2.61. The molecule has 0 aliphatic carbocycles. The van der Waals surface area contributed by atoms with Gasteiger partial charge in [-0.15, -0.1) is 0 Å². The number of rotatable bonds is 1. The van der Waals surface area contributed by atoms with E-state index in [1.54, 1.807) is 0 Å². The number of likely N-dealkylation sites (N-methyl/N-ethyl adjacent to an activating group) is 1. The van der Waals surface area contributed by atoms with Crippen LogP contribution in [0.2, 0.25) is 0 Å². The lowest BCUT2D eigenvalue weighted by Gasteiger charge is -2.30. The summed E-state index contributed by atoms with van der Waals surface area (Å²) in [5.41, 5.74) is 0. The summed E-state index contributed by atoms with van der Waals surface area (Å²) < 4.78 is 0. The molecule has 62 valence electrons. The third kappa shape index (κ3) is 2.00. The first-order valence-corrected chi connectivity index (χ1v) is 4.26. The molecule has 0 N–H and O–H groups in total. The van der Waals surface area contributed by atoms with Crippen molar-refractivity contribution in [1.82, 2.24) is 4.90 Å². The topological polar surface area (TPSA) is 3.24 Å². The monoisotopic (exact) mass is 171 g/mol. The van der Waals surface area contributed by atoms with Gasteiger partial charge in [0, 0.05) is 19.3 Å². The molecule has 0 saturated heterocycles. The highest BCUT2D eigenvalue weighted by molar-refractivity contribution is 6.31. The standard InChI is InChI=1S/C9H14ClN/c1-7(2)9-5-4-8(10)6-11(9)3/h4-7,9H,1-3H3. The molecule has 1 aliphatic rings. The second-order valence-electron chi connectivity index (χ2n) is 3.27. The van der Waals surface area contributed by atoms with Crippen molar-refractivity contribution in [1.29, 1.82) is 0 Å². The molecule has 1 heterocycles. The van der Waals surface area contributed by atoms with Crippen LogP contribution in [0.1, 0.15) is 13.8 Å². The van der Waals surface area contributed by atoms with Gasteiger partial charge in [0.2, 0.25) is 0 Å². The maximum absolute atomic E-state index is 5.81. The van der Waals surface area contributed by atoms with Gasteiger partial charge in [0.15, 0.2) is 0 Å². The molecule has 0 spiro atoms. The Morgan fingerprint density at radius 1 is 1.55 bits per heavy atom. The van der Waals surface area contributed by atoms with Crippen molar-refractivity contribution in [3.8, 4) is 0 Å². The lowest BCUT2D eigenvalue weighted by atomic mass is 10.0. The second-order valence-corrected chi connectivity index (χ2v) is 3.71. The number of allylic oxidation sites excluding steroid dienone is 2. The van der Waals surface area contributed by atoms with Crippen molar-refractivity contribution in [2.45, 2.75) is 19.9 Å². The molecule has 0 radical (unpaired) electrons. The summed E-state index contributed by atoms with van der Waals surface area (Å²) in [7, 11) is 2.05. The highest BCUT2D eigenvalue weighted by atomic mass is 35.5. The summed E-state index contributed by atoms with van der Waals surface area (Å²) in [6.45, 7) is 4.41. The van der Waals surface area contributed by atoms with Crippen LogP contribution < -0.4 is 0 Å². The van der Waals surface area contributed by atoms with Crippen molar-refractivity contribution >= 4 is 11.6 Å². The molecule has 11 heavy (non-hydrogen) atoms. The predicted molar refractivity (Wildman–Crippen MR) is 49.5 cm³/mol. The van der Waals surface area contributed by atoms with Crippen LogP contribution in [0, 0.1) is 5.92 Å². The Bertz CT molecular complexity index is 194. The zero-order valence-corrected chi connectivity index (χ0v) is 7.97. The Morgan fingerprint density at radius 3 is 2.64 bits per heavy atom. The maximum atomic E-state index is 5.81. The van der Waals surface area contributed by atoms with Crippen LogP contribution in [-0.2, 0) is 0 Å². The van der Waals surface area contributed by atoms with Crippen LogP contribution >= 0.6 is 11.6 Å². The van der Waals surface area contributed by atoms with Gasteiger partial charge in [0.1, 0.15) is 0 Å². The van der Waals surface area contributed by atoms with Crippen molar-refractivity contribution in [3.05, 3.63) is 23.4 Å². The first-order chi connectivity index (χ1) is 5.11. The van der Waals surface area contributed by atoms with Gasteiger partial charge < -0.3 is 4.90 Å². The van der Waals surface area contributed by atoms with E-state index in [1.807, 2.05) is 12.3 Å². The molecule has 1 aliphatic heterocycles. The normalized spacial score (nSPS) is 24.3. The number of hydrogen-bond donors (Lipinski definition) is 0. The van der Waals surface area contributed by atoms with E-state index in [0.29, 0.717) is 12.0 Å². The fraction of sp³-hybridized carbons (Fsp3) is 0.556. The summed E-state index contributed by atoms with van der Waals surface area (Å²) in [5.74, 6) is 0.636. The lowest BCUT2D eigenvalue weighted by Crippen LogP contribution is -2.31. The van der Waals surface area contributed by atoms with Crippen LogP contribution in [-0.4, -0.2) is 18.0 Å². The minimum atomic E-state index is 0.498. The van der Waals surface area contributed by atoms with Gasteiger partial charge in [-0.3, -0.25) is 0 Å². The number of halogens is 1. The fourth-order valence-corrected chi connectivity index (χ4v) is 1.57. The Hall–Kier alpha value is -0.430. The predicted octanol–water partition coefficient (Wildman–Crippen LogP) is 2.59. The average Bonchev–Trinajstić information content (AvgIpc) is 1.85. The summed E-state index contributed by atoms with van der Waals surface area (Å²) in [5, 5.41) is 0.810. The molecule has 1 nitrogen and oxygen atoms in total. The van der Waals surface area contributed by atoms with Crippen LogP contribution in [0.4, 0.5) is 0 Å². The molecule has 1 rings (SSSR count). The van der Waals surface area contributed by atoms with E-state index >= 15 is 0 Å². The molecular weight excluding hydrogens is 158 g/mol. The van der Waals surface area contributed by atoms with E-state index < -0.39 is 0 Å². The fourth-order valence-electron chi connectivity index (χ4n) is 1.34. The number of nitrogens with zero attached hydrogens (tertiary/aromatic N) is 1. The van der Waals surface area contributed by atoms with Gasteiger partial charge in [0.25, 0.3) is 0 Å². The first kappa shape index (κ1) is 8.66. The van der Waals surface area contributed by atoms with Gasteiger partial charge in [-0.1, -0.05) is 31.5 Å². The van der Waals surface area contributed by atoms with Gasteiger partial charge >= 0.3 is 0 Å². The quantitative estimate of drug-likeness (QED) is 0.586. The average molecular weight is 172 g/mol. The van der Waals surface area contributed by atoms with Crippen LogP contribution in [0.3, 0.4) is 0 Å². The molecule has 0 amide bonds. The summed E-state index contributed by atoms with van der Waals surface area (Å²) in [6, 6.07) is 0.498. The van der Waals surface area contributed by atoms with Crippen LogP contribution in [0.25, 0.3) is 0 Å². The third-order valence-corrected chi connectivity index (χ3v) is 2.16. The van der Waals surface area contributed by atoms with Crippen LogP contribution in [0.15, 0.2) is 23.4 Å². The zero-order chi connectivity index (χ0) is 8.43. The first-order valence-electron chi connectivity index (χ1n) is 3.88. The second kappa shape index (κ2) is 3.31. The summed E-state index contributed by atoms with van der Waals surface area (Å²) >= 11 is 5.81. The Balaban J connectivity index is 2.69. The summed E-state index contributed by atoms with van der Waals surface area (Å²) in [4.78, 5) is 2.15. The van der Waals surface area contributed by atoms with Crippen molar-refractivity contribution in [3.63, 3.8) is 0 Å². The van der Waals surface area contributed by atoms with E-state index in [9.17, 15) is 0 Å². The molecule has 2 heteroatoms.